The van der Waals surface area contributed by atoms with E-state index in [0.29, 0.717) is 10.7 Å². The molecular formula is C14H15ClN2. The van der Waals surface area contributed by atoms with Crippen molar-refractivity contribution < 1.29 is 0 Å². The monoisotopic (exact) mass is 246 g/mol. The zero-order chi connectivity index (χ0) is 12.6. The van der Waals surface area contributed by atoms with Crippen molar-refractivity contribution in [3.8, 4) is 11.1 Å². The van der Waals surface area contributed by atoms with E-state index in [-0.39, 0.29) is 0 Å². The maximum Gasteiger partial charge on any atom is 0.0505 e. The van der Waals surface area contributed by atoms with Gasteiger partial charge in [-0.3, -0.25) is 0 Å². The Morgan fingerprint density at radius 2 is 1.53 bits per heavy atom. The number of rotatable bonds is 1. The summed E-state index contributed by atoms with van der Waals surface area (Å²) in [6.45, 7) is 3.95. The fourth-order valence-corrected chi connectivity index (χ4v) is 2.04. The number of hydrogen-bond donors (Lipinski definition) is 2. The minimum atomic E-state index is 0.664. The minimum Gasteiger partial charge on any atom is -0.399 e. The van der Waals surface area contributed by atoms with Crippen molar-refractivity contribution in [2.24, 2.45) is 0 Å². The summed E-state index contributed by atoms with van der Waals surface area (Å²) in [6, 6.07) is 9.69. The molecule has 0 aliphatic rings. The molecule has 0 unspecified atom stereocenters. The van der Waals surface area contributed by atoms with Gasteiger partial charge in [-0.25, -0.2) is 0 Å². The third-order valence-corrected chi connectivity index (χ3v) is 3.25. The summed E-state index contributed by atoms with van der Waals surface area (Å²) in [6.07, 6.45) is 0. The van der Waals surface area contributed by atoms with Crippen LogP contribution in [0.25, 0.3) is 11.1 Å². The zero-order valence-corrected chi connectivity index (χ0v) is 10.7. The number of benzene rings is 2. The van der Waals surface area contributed by atoms with Crippen LogP contribution in [-0.4, -0.2) is 0 Å². The molecule has 0 spiro atoms. The van der Waals surface area contributed by atoms with Crippen LogP contribution in [0.3, 0.4) is 0 Å². The van der Waals surface area contributed by atoms with Gasteiger partial charge in [0.2, 0.25) is 0 Å². The van der Waals surface area contributed by atoms with Crippen LogP contribution in [0, 0.1) is 13.8 Å². The molecule has 2 nitrogen and oxygen atoms in total. The SMILES string of the molecule is Cc1cc(-c2cc(C)c(N)cc2Cl)ccc1N. The van der Waals surface area contributed by atoms with Crippen LogP contribution in [-0.2, 0) is 0 Å². The lowest BCUT2D eigenvalue weighted by Gasteiger charge is -2.10. The average Bonchev–Trinajstić information content (AvgIpc) is 2.27. The Morgan fingerprint density at radius 3 is 2.18 bits per heavy atom. The molecule has 0 atom stereocenters. The van der Waals surface area contributed by atoms with Gasteiger partial charge in [0.15, 0.2) is 0 Å². The van der Waals surface area contributed by atoms with Crippen LogP contribution in [0.4, 0.5) is 11.4 Å². The molecule has 88 valence electrons. The Bertz CT molecular complexity index is 577. The summed E-state index contributed by atoms with van der Waals surface area (Å²) in [5.41, 5.74) is 17.2. The van der Waals surface area contributed by atoms with Gasteiger partial charge in [-0.2, -0.15) is 0 Å². The predicted molar refractivity (Wildman–Crippen MR) is 75.2 cm³/mol. The van der Waals surface area contributed by atoms with Crippen molar-refractivity contribution in [3.05, 3.63) is 46.5 Å². The molecule has 4 N–H and O–H groups in total. The first-order valence-corrected chi connectivity index (χ1v) is 5.79. The van der Waals surface area contributed by atoms with Crippen molar-refractivity contribution >= 4 is 23.0 Å². The Labute approximate surface area is 106 Å². The number of nitrogens with two attached hydrogens (primary N) is 2. The molecule has 0 heterocycles. The Kier molecular flexibility index (Phi) is 2.99. The van der Waals surface area contributed by atoms with Gasteiger partial charge in [0.1, 0.15) is 0 Å². The second-order valence-corrected chi connectivity index (χ2v) is 4.67. The molecule has 0 aliphatic carbocycles. The molecule has 3 heteroatoms. The van der Waals surface area contributed by atoms with Gasteiger partial charge in [-0.1, -0.05) is 17.7 Å². The van der Waals surface area contributed by atoms with Gasteiger partial charge in [0, 0.05) is 16.9 Å². The first kappa shape index (κ1) is 11.8. The highest BCUT2D eigenvalue weighted by Crippen LogP contribution is 2.32. The maximum atomic E-state index is 6.22. The number of hydrogen-bond acceptors (Lipinski definition) is 2. The highest BCUT2D eigenvalue weighted by Gasteiger charge is 2.07. The van der Waals surface area contributed by atoms with Crippen molar-refractivity contribution in [2.45, 2.75) is 13.8 Å². The first-order valence-electron chi connectivity index (χ1n) is 5.41. The summed E-state index contributed by atoms with van der Waals surface area (Å²) in [5.74, 6) is 0. The third kappa shape index (κ3) is 2.22. The summed E-state index contributed by atoms with van der Waals surface area (Å²) in [7, 11) is 0. The van der Waals surface area contributed by atoms with Crippen LogP contribution in [0.1, 0.15) is 11.1 Å². The molecular weight excluding hydrogens is 232 g/mol. The molecule has 0 radical (unpaired) electrons. The van der Waals surface area contributed by atoms with Crippen LogP contribution in [0.5, 0.6) is 0 Å². The minimum absolute atomic E-state index is 0.664. The standard InChI is InChI=1S/C14H15ClN2/c1-8-5-10(3-4-13(8)16)11-6-9(2)14(17)7-12(11)15/h3-7H,16-17H2,1-2H3. The molecule has 17 heavy (non-hydrogen) atoms. The van der Waals surface area contributed by atoms with Crippen molar-refractivity contribution in [3.63, 3.8) is 0 Å². The molecule has 0 aromatic heterocycles. The fourth-order valence-electron chi connectivity index (χ4n) is 1.76. The van der Waals surface area contributed by atoms with E-state index in [0.717, 1.165) is 27.9 Å². The lowest BCUT2D eigenvalue weighted by molar-refractivity contribution is 1.44. The molecule has 0 aliphatic heterocycles. The second-order valence-electron chi connectivity index (χ2n) is 4.26. The van der Waals surface area contributed by atoms with E-state index < -0.39 is 0 Å². The highest BCUT2D eigenvalue weighted by atomic mass is 35.5. The third-order valence-electron chi connectivity index (χ3n) is 2.94. The molecule has 0 amide bonds. The van der Waals surface area contributed by atoms with Crippen LogP contribution < -0.4 is 11.5 Å². The Hall–Kier alpha value is -1.67. The lowest BCUT2D eigenvalue weighted by atomic mass is 10.00. The molecule has 0 saturated carbocycles. The van der Waals surface area contributed by atoms with Crippen molar-refractivity contribution in [1.29, 1.82) is 0 Å². The Morgan fingerprint density at radius 1 is 0.882 bits per heavy atom. The molecule has 2 aromatic rings. The average molecular weight is 247 g/mol. The zero-order valence-electron chi connectivity index (χ0n) is 9.92. The van der Waals surface area contributed by atoms with Crippen LogP contribution in [0.2, 0.25) is 5.02 Å². The predicted octanol–water partition coefficient (Wildman–Crippen LogP) is 3.79. The quantitative estimate of drug-likeness (QED) is 0.753. The van der Waals surface area contributed by atoms with Gasteiger partial charge in [0.05, 0.1) is 5.02 Å². The molecule has 2 rings (SSSR count). The first-order chi connectivity index (χ1) is 7.99. The topological polar surface area (TPSA) is 52.0 Å². The number of halogens is 1. The van der Waals surface area contributed by atoms with E-state index in [1.54, 1.807) is 6.07 Å². The van der Waals surface area contributed by atoms with Gasteiger partial charge in [-0.15, -0.1) is 0 Å². The van der Waals surface area contributed by atoms with Crippen LogP contribution >= 0.6 is 11.6 Å². The summed E-state index contributed by atoms with van der Waals surface area (Å²) < 4.78 is 0. The summed E-state index contributed by atoms with van der Waals surface area (Å²) in [5, 5.41) is 0.664. The Balaban J connectivity index is 2.60. The largest absolute Gasteiger partial charge is 0.399 e. The van der Waals surface area contributed by atoms with E-state index in [9.17, 15) is 0 Å². The molecule has 0 fully saturated rings. The molecule has 2 aromatic carbocycles. The van der Waals surface area contributed by atoms with E-state index >= 15 is 0 Å². The highest BCUT2D eigenvalue weighted by molar-refractivity contribution is 6.33. The molecule has 0 bridgehead atoms. The van der Waals surface area contributed by atoms with Crippen molar-refractivity contribution in [2.75, 3.05) is 11.5 Å². The van der Waals surface area contributed by atoms with E-state index in [2.05, 4.69) is 0 Å². The summed E-state index contributed by atoms with van der Waals surface area (Å²) in [4.78, 5) is 0. The molecule has 0 saturated heterocycles. The number of nitrogen functional groups attached to an aromatic ring is 2. The number of anilines is 2. The lowest BCUT2D eigenvalue weighted by Crippen LogP contribution is -1.93. The summed E-state index contributed by atoms with van der Waals surface area (Å²) >= 11 is 6.22. The smallest absolute Gasteiger partial charge is 0.0505 e. The number of aryl methyl sites for hydroxylation is 2. The van der Waals surface area contributed by atoms with E-state index in [4.69, 9.17) is 23.1 Å². The van der Waals surface area contributed by atoms with Gasteiger partial charge in [0.25, 0.3) is 0 Å². The van der Waals surface area contributed by atoms with E-state index in [1.807, 2.05) is 38.1 Å². The van der Waals surface area contributed by atoms with Crippen molar-refractivity contribution in [1.82, 2.24) is 0 Å². The van der Waals surface area contributed by atoms with Gasteiger partial charge < -0.3 is 11.5 Å². The van der Waals surface area contributed by atoms with Crippen LogP contribution in [0.15, 0.2) is 30.3 Å². The maximum absolute atomic E-state index is 6.22. The van der Waals surface area contributed by atoms with E-state index in [1.165, 1.54) is 0 Å². The van der Waals surface area contributed by atoms with Gasteiger partial charge >= 0.3 is 0 Å². The second kappa shape index (κ2) is 4.30. The fraction of sp³-hybridized carbons (Fsp3) is 0.143. The van der Waals surface area contributed by atoms with Gasteiger partial charge in [-0.05, 0) is 54.8 Å². The normalized spacial score (nSPS) is 10.5.